The molecule has 0 aliphatic heterocycles. The van der Waals surface area contributed by atoms with Crippen LogP contribution in [0, 0.1) is 6.92 Å². The Morgan fingerprint density at radius 1 is 0.545 bits per heavy atom. The van der Waals surface area contributed by atoms with Gasteiger partial charge in [0.15, 0.2) is 0 Å². The molecule has 0 rings (SSSR count). The van der Waals surface area contributed by atoms with Crippen LogP contribution in [0.2, 0.25) is 0 Å². The minimum atomic E-state index is 1.11. The lowest BCUT2D eigenvalue weighted by atomic mass is 10.1. The fourth-order valence-corrected chi connectivity index (χ4v) is 2.70. The Hall–Kier alpha value is -0.520. The maximum atomic E-state index is 3.89. The average Bonchev–Trinajstić information content (AvgIpc) is 2.54. The molecule has 0 aromatic heterocycles. The third kappa shape index (κ3) is 19.5. The number of unbranched alkanes of at least 4 members (excludes halogenated alkanes) is 13. The molecule has 0 aliphatic carbocycles. The molecule has 0 amide bonds. The quantitative estimate of drug-likeness (QED) is 0.188. The lowest BCUT2D eigenvalue weighted by Crippen LogP contribution is -1.81. The first-order chi connectivity index (χ1) is 10.9. The maximum absolute atomic E-state index is 3.89. The van der Waals surface area contributed by atoms with Crippen molar-refractivity contribution < 1.29 is 0 Å². The second kappa shape index (κ2) is 20.5. The van der Waals surface area contributed by atoms with Crippen molar-refractivity contribution in [1.82, 2.24) is 0 Å². The predicted molar refractivity (Wildman–Crippen MR) is 103 cm³/mol. The molecule has 0 aromatic carbocycles. The van der Waals surface area contributed by atoms with E-state index < -0.39 is 0 Å². The van der Waals surface area contributed by atoms with Gasteiger partial charge in [-0.15, -0.1) is 0 Å². The summed E-state index contributed by atoms with van der Waals surface area (Å²) in [5.74, 6) is 0. The van der Waals surface area contributed by atoms with Crippen LogP contribution in [0.4, 0.5) is 0 Å². The van der Waals surface area contributed by atoms with Crippen LogP contribution in [0.3, 0.4) is 0 Å². The number of allylic oxidation sites excluding steroid dienone is 4. The van der Waals surface area contributed by atoms with E-state index in [2.05, 4.69) is 38.2 Å². The Bertz CT molecular complexity index is 236. The van der Waals surface area contributed by atoms with Gasteiger partial charge in [-0.3, -0.25) is 0 Å². The van der Waals surface area contributed by atoms with E-state index in [1.165, 1.54) is 89.9 Å². The molecule has 0 nitrogen and oxygen atoms in total. The first kappa shape index (κ1) is 21.5. The second-order valence-electron chi connectivity index (χ2n) is 6.50. The van der Waals surface area contributed by atoms with E-state index in [9.17, 15) is 0 Å². The Balaban J connectivity index is 3.11. The van der Waals surface area contributed by atoms with Gasteiger partial charge in [-0.05, 0) is 32.1 Å². The normalized spacial score (nSPS) is 11.9. The molecule has 1 radical (unpaired) electrons. The van der Waals surface area contributed by atoms with Gasteiger partial charge in [-0.25, -0.2) is 0 Å². The van der Waals surface area contributed by atoms with E-state index in [0.29, 0.717) is 0 Å². The molecule has 0 saturated carbocycles. The summed E-state index contributed by atoms with van der Waals surface area (Å²) in [6, 6.07) is 0. The summed E-state index contributed by atoms with van der Waals surface area (Å²) in [7, 11) is 0. The fraction of sp³-hybridized carbons (Fsp3) is 0.773. The van der Waals surface area contributed by atoms with Crippen LogP contribution < -0.4 is 0 Å². The van der Waals surface area contributed by atoms with Gasteiger partial charge in [0, 0.05) is 0 Å². The Morgan fingerprint density at radius 3 is 1.50 bits per heavy atom. The van der Waals surface area contributed by atoms with E-state index in [4.69, 9.17) is 0 Å². The van der Waals surface area contributed by atoms with Crippen molar-refractivity contribution in [1.29, 1.82) is 0 Å². The molecule has 0 aromatic rings. The summed E-state index contributed by atoms with van der Waals surface area (Å²) >= 11 is 0. The highest BCUT2D eigenvalue weighted by atomic mass is 14.0. The first-order valence-electron chi connectivity index (χ1n) is 10.0. The molecule has 0 unspecified atom stereocenters. The highest BCUT2D eigenvalue weighted by Crippen LogP contribution is 2.11. The van der Waals surface area contributed by atoms with Crippen molar-refractivity contribution in [2.45, 2.75) is 110 Å². The molecule has 0 atom stereocenters. The zero-order valence-corrected chi connectivity index (χ0v) is 15.3. The SMILES string of the molecule is [CH2]CCCCCCCCCCC/C=C\CC=CCCCCC. The highest BCUT2D eigenvalue weighted by Gasteiger charge is 1.91. The van der Waals surface area contributed by atoms with Gasteiger partial charge in [0.05, 0.1) is 0 Å². The van der Waals surface area contributed by atoms with Crippen LogP contribution in [-0.2, 0) is 0 Å². The van der Waals surface area contributed by atoms with Gasteiger partial charge >= 0.3 is 0 Å². The molecule has 0 bridgehead atoms. The predicted octanol–water partition coefficient (Wildman–Crippen LogP) is 8.19. The summed E-state index contributed by atoms with van der Waals surface area (Å²) in [5.41, 5.74) is 0. The van der Waals surface area contributed by atoms with E-state index in [1.807, 2.05) is 0 Å². The topological polar surface area (TPSA) is 0 Å². The molecular formula is C22H41. The molecular weight excluding hydrogens is 264 g/mol. The summed E-state index contributed by atoms with van der Waals surface area (Å²) in [6.07, 6.45) is 30.8. The number of hydrogen-bond donors (Lipinski definition) is 0. The summed E-state index contributed by atoms with van der Waals surface area (Å²) in [5, 5.41) is 0. The summed E-state index contributed by atoms with van der Waals surface area (Å²) in [6.45, 7) is 6.15. The van der Waals surface area contributed by atoms with Crippen LogP contribution in [0.15, 0.2) is 24.3 Å². The minimum absolute atomic E-state index is 1.11. The third-order valence-electron chi connectivity index (χ3n) is 4.20. The van der Waals surface area contributed by atoms with Crippen LogP contribution in [0.5, 0.6) is 0 Å². The van der Waals surface area contributed by atoms with Crippen LogP contribution in [0.25, 0.3) is 0 Å². The van der Waals surface area contributed by atoms with Gasteiger partial charge in [0.2, 0.25) is 0 Å². The van der Waals surface area contributed by atoms with Crippen LogP contribution >= 0.6 is 0 Å². The third-order valence-corrected chi connectivity index (χ3v) is 4.20. The maximum Gasteiger partial charge on any atom is -0.0169 e. The molecule has 0 saturated heterocycles. The summed E-state index contributed by atoms with van der Waals surface area (Å²) < 4.78 is 0. The molecule has 0 N–H and O–H groups in total. The Labute approximate surface area is 141 Å². The van der Waals surface area contributed by atoms with E-state index in [0.717, 1.165) is 12.8 Å². The number of hydrogen-bond acceptors (Lipinski definition) is 0. The lowest BCUT2D eigenvalue weighted by Gasteiger charge is -2.01. The van der Waals surface area contributed by atoms with Gasteiger partial charge in [-0.1, -0.05) is 109 Å². The minimum Gasteiger partial charge on any atom is -0.0882 e. The van der Waals surface area contributed by atoms with Crippen LogP contribution in [0.1, 0.15) is 110 Å². The molecule has 0 spiro atoms. The van der Waals surface area contributed by atoms with Crippen molar-refractivity contribution in [3.05, 3.63) is 31.2 Å². The fourth-order valence-electron chi connectivity index (χ4n) is 2.70. The number of rotatable bonds is 17. The van der Waals surface area contributed by atoms with Crippen molar-refractivity contribution in [3.8, 4) is 0 Å². The van der Waals surface area contributed by atoms with Gasteiger partial charge in [-0.2, -0.15) is 0 Å². The monoisotopic (exact) mass is 305 g/mol. The zero-order chi connectivity index (χ0) is 16.1. The molecule has 0 fully saturated rings. The largest absolute Gasteiger partial charge is 0.0882 e. The Morgan fingerprint density at radius 2 is 1.00 bits per heavy atom. The average molecular weight is 306 g/mol. The van der Waals surface area contributed by atoms with Gasteiger partial charge in [0.1, 0.15) is 0 Å². The summed E-state index contributed by atoms with van der Waals surface area (Å²) in [4.78, 5) is 0. The lowest BCUT2D eigenvalue weighted by molar-refractivity contribution is 0.561. The molecule has 22 heavy (non-hydrogen) atoms. The van der Waals surface area contributed by atoms with Crippen molar-refractivity contribution in [2.24, 2.45) is 0 Å². The molecule has 0 aliphatic rings. The zero-order valence-electron chi connectivity index (χ0n) is 15.3. The van der Waals surface area contributed by atoms with Crippen molar-refractivity contribution in [3.63, 3.8) is 0 Å². The van der Waals surface area contributed by atoms with Crippen molar-refractivity contribution in [2.75, 3.05) is 0 Å². The second-order valence-corrected chi connectivity index (χ2v) is 6.50. The molecule has 129 valence electrons. The highest BCUT2D eigenvalue weighted by molar-refractivity contribution is 4.92. The molecule has 0 heteroatoms. The van der Waals surface area contributed by atoms with E-state index in [-0.39, 0.29) is 0 Å². The van der Waals surface area contributed by atoms with Gasteiger partial charge < -0.3 is 0 Å². The Kier molecular flexibility index (Phi) is 20.0. The standard InChI is InChI=1S/C22H41/c1-3-5-7-9-11-13-15-17-19-21-22-20-18-16-14-12-10-8-6-4-2/h12,14,18,20H,1,3-11,13,15-17,19,21-22H2,2H3/b14-12?,20-18-. The van der Waals surface area contributed by atoms with E-state index in [1.54, 1.807) is 0 Å². The van der Waals surface area contributed by atoms with Gasteiger partial charge in [0.25, 0.3) is 0 Å². The van der Waals surface area contributed by atoms with E-state index >= 15 is 0 Å². The van der Waals surface area contributed by atoms with Crippen molar-refractivity contribution >= 4 is 0 Å². The first-order valence-corrected chi connectivity index (χ1v) is 10.0. The van der Waals surface area contributed by atoms with Crippen LogP contribution in [-0.4, -0.2) is 0 Å². The smallest absolute Gasteiger partial charge is 0.0169 e. The molecule has 0 heterocycles.